The molecule has 0 radical (unpaired) electrons. The zero-order chi connectivity index (χ0) is 30.0. The number of carbonyl (C=O) groups is 2. The SMILES string of the molecule is C=C1C(C(N)=O)=C(O)C[C@@H]2CC3Cc4c(OC)c(CNCC(C)(CCC)c5ccccc5)cc(O)c4C(=O)C3=C3O[C@]132. The Bertz CT molecular complexity index is 1570. The van der Waals surface area contributed by atoms with Gasteiger partial charge >= 0.3 is 0 Å². The highest BCUT2D eigenvalue weighted by Gasteiger charge is 2.69. The van der Waals surface area contributed by atoms with Crippen molar-refractivity contribution in [3.63, 3.8) is 0 Å². The van der Waals surface area contributed by atoms with E-state index in [1.54, 1.807) is 13.2 Å². The van der Waals surface area contributed by atoms with Crippen molar-refractivity contribution in [2.75, 3.05) is 13.7 Å². The molecule has 0 aromatic heterocycles. The Morgan fingerprint density at radius 3 is 2.67 bits per heavy atom. The molecular weight excluding hydrogens is 532 g/mol. The molecule has 4 aliphatic rings. The molecule has 8 heteroatoms. The average Bonchev–Trinajstić information content (AvgIpc) is 3.70. The summed E-state index contributed by atoms with van der Waals surface area (Å²) in [5.74, 6) is -0.514. The number of ketones is 1. The average molecular weight is 571 g/mol. The van der Waals surface area contributed by atoms with Gasteiger partial charge in [0.25, 0.3) is 5.91 Å². The lowest BCUT2D eigenvalue weighted by Crippen LogP contribution is -2.41. The van der Waals surface area contributed by atoms with Gasteiger partial charge in [0, 0.05) is 53.1 Å². The largest absolute Gasteiger partial charge is 0.511 e. The third-order valence-electron chi connectivity index (χ3n) is 9.74. The number of carbonyl (C=O) groups excluding carboxylic acids is 2. The number of allylic oxidation sites excluding steroid dienone is 2. The molecule has 8 nitrogen and oxygen atoms in total. The number of hydrogen-bond donors (Lipinski definition) is 4. The van der Waals surface area contributed by atoms with Crippen molar-refractivity contribution in [1.29, 1.82) is 0 Å². The summed E-state index contributed by atoms with van der Waals surface area (Å²) in [4.78, 5) is 26.0. The number of amides is 1. The Kier molecular flexibility index (Phi) is 6.72. The third kappa shape index (κ3) is 4.07. The number of methoxy groups -OCH3 is 1. The van der Waals surface area contributed by atoms with Crippen LogP contribution in [-0.4, -0.2) is 41.2 Å². The van der Waals surface area contributed by atoms with Crippen molar-refractivity contribution in [1.82, 2.24) is 5.32 Å². The first-order valence-corrected chi connectivity index (χ1v) is 14.6. The number of rotatable bonds is 9. The summed E-state index contributed by atoms with van der Waals surface area (Å²) in [5.41, 5.74) is 8.24. The second-order valence-electron chi connectivity index (χ2n) is 12.3. The van der Waals surface area contributed by atoms with Crippen LogP contribution in [0.15, 0.2) is 71.2 Å². The first-order chi connectivity index (χ1) is 20.1. The number of ether oxygens (including phenoxy) is 2. The highest BCUT2D eigenvalue weighted by Crippen LogP contribution is 2.66. The Morgan fingerprint density at radius 2 is 2.00 bits per heavy atom. The summed E-state index contributed by atoms with van der Waals surface area (Å²) in [7, 11) is 1.59. The van der Waals surface area contributed by atoms with E-state index in [1.165, 1.54) is 5.56 Å². The van der Waals surface area contributed by atoms with E-state index in [1.807, 2.05) is 6.07 Å². The number of phenols is 1. The van der Waals surface area contributed by atoms with Gasteiger partial charge in [-0.25, -0.2) is 0 Å². The molecule has 2 aromatic carbocycles. The minimum atomic E-state index is -0.997. The first-order valence-electron chi connectivity index (χ1n) is 14.6. The first kappa shape index (κ1) is 28.1. The molecule has 42 heavy (non-hydrogen) atoms. The number of epoxide rings is 1. The lowest BCUT2D eigenvalue weighted by molar-refractivity contribution is -0.114. The number of Topliss-reactive ketones (excluding diaryl/α,β-unsaturated/α-hetero) is 1. The van der Waals surface area contributed by atoms with E-state index in [-0.39, 0.29) is 52.1 Å². The fraction of sp³-hybridized carbons (Fsp3) is 0.412. The molecule has 1 spiro atoms. The number of phenolic OH excluding ortho intramolecular Hbond substituents is 1. The molecule has 1 fully saturated rings. The summed E-state index contributed by atoms with van der Waals surface area (Å²) in [6, 6.07) is 12.1. The topological polar surface area (TPSA) is 134 Å². The molecule has 3 aliphatic carbocycles. The van der Waals surface area contributed by atoms with Crippen LogP contribution in [0.2, 0.25) is 0 Å². The summed E-state index contributed by atoms with van der Waals surface area (Å²) < 4.78 is 12.0. The predicted molar refractivity (Wildman–Crippen MR) is 158 cm³/mol. The molecule has 1 aliphatic heterocycles. The molecule has 220 valence electrons. The Labute approximate surface area is 245 Å². The van der Waals surface area contributed by atoms with Crippen LogP contribution in [0.25, 0.3) is 0 Å². The van der Waals surface area contributed by atoms with Crippen LogP contribution in [-0.2, 0) is 27.9 Å². The molecule has 6 rings (SSSR count). The third-order valence-corrected chi connectivity index (χ3v) is 9.74. The van der Waals surface area contributed by atoms with Crippen LogP contribution in [0.3, 0.4) is 0 Å². The lowest BCUT2D eigenvalue weighted by Gasteiger charge is -2.38. The minimum absolute atomic E-state index is 0.0204. The second-order valence-corrected chi connectivity index (χ2v) is 12.3. The van der Waals surface area contributed by atoms with Crippen LogP contribution in [0.1, 0.15) is 66.6 Å². The monoisotopic (exact) mass is 570 g/mol. The van der Waals surface area contributed by atoms with Crippen molar-refractivity contribution in [3.05, 3.63) is 93.5 Å². The van der Waals surface area contributed by atoms with Gasteiger partial charge in [-0.1, -0.05) is 57.2 Å². The van der Waals surface area contributed by atoms with Crippen LogP contribution in [0.5, 0.6) is 11.5 Å². The van der Waals surface area contributed by atoms with Gasteiger partial charge in [0.2, 0.25) is 0 Å². The fourth-order valence-corrected chi connectivity index (χ4v) is 7.78. The molecule has 1 amide bonds. The van der Waals surface area contributed by atoms with Gasteiger partial charge in [-0.15, -0.1) is 0 Å². The maximum absolute atomic E-state index is 14.0. The molecular formula is C34H38N2O6. The van der Waals surface area contributed by atoms with E-state index in [4.69, 9.17) is 15.2 Å². The molecule has 1 saturated heterocycles. The number of hydrogen-bond acceptors (Lipinski definition) is 7. The van der Waals surface area contributed by atoms with Crippen LogP contribution in [0.4, 0.5) is 0 Å². The second kappa shape index (κ2) is 10.1. The maximum Gasteiger partial charge on any atom is 0.252 e. The summed E-state index contributed by atoms with van der Waals surface area (Å²) in [6.07, 6.45) is 3.33. The highest BCUT2D eigenvalue weighted by atomic mass is 16.6. The number of aliphatic hydroxyl groups is 1. The van der Waals surface area contributed by atoms with Crippen molar-refractivity contribution in [2.45, 2.75) is 63.5 Å². The molecule has 2 unspecified atom stereocenters. The van der Waals surface area contributed by atoms with E-state index >= 15 is 0 Å². The van der Waals surface area contributed by atoms with E-state index in [0.29, 0.717) is 47.6 Å². The number of benzene rings is 2. The molecule has 1 heterocycles. The van der Waals surface area contributed by atoms with Crippen molar-refractivity contribution in [3.8, 4) is 11.5 Å². The molecule has 4 atom stereocenters. The summed E-state index contributed by atoms with van der Waals surface area (Å²) in [6.45, 7) is 9.69. The van der Waals surface area contributed by atoms with Crippen molar-refractivity contribution in [2.24, 2.45) is 17.6 Å². The number of aromatic hydroxyl groups is 1. The Hall–Kier alpha value is -4.04. The Balaban J connectivity index is 1.30. The number of fused-ring (bicyclic) bond motifs is 2. The Morgan fingerprint density at radius 1 is 1.26 bits per heavy atom. The fourth-order valence-electron chi connectivity index (χ4n) is 7.78. The maximum atomic E-state index is 14.0. The normalized spacial score (nSPS) is 25.5. The summed E-state index contributed by atoms with van der Waals surface area (Å²) in [5, 5.41) is 25.4. The summed E-state index contributed by atoms with van der Waals surface area (Å²) >= 11 is 0. The van der Waals surface area contributed by atoms with E-state index in [2.05, 4.69) is 50.0 Å². The van der Waals surface area contributed by atoms with E-state index < -0.39 is 11.5 Å². The van der Waals surface area contributed by atoms with Gasteiger partial charge < -0.3 is 30.7 Å². The van der Waals surface area contributed by atoms with Gasteiger partial charge in [-0.2, -0.15) is 0 Å². The van der Waals surface area contributed by atoms with Gasteiger partial charge in [-0.05, 0) is 36.8 Å². The zero-order valence-electron chi connectivity index (χ0n) is 24.4. The smallest absolute Gasteiger partial charge is 0.252 e. The van der Waals surface area contributed by atoms with Crippen molar-refractivity contribution >= 4 is 11.7 Å². The molecule has 0 saturated carbocycles. The number of aliphatic hydroxyl groups excluding tert-OH is 1. The van der Waals surface area contributed by atoms with Gasteiger partial charge in [0.05, 0.1) is 18.2 Å². The lowest BCUT2D eigenvalue weighted by atomic mass is 9.62. The number of nitrogens with two attached hydrogens (primary N) is 1. The standard InChI is InChI=1S/C34H38N2O6/c1-5-11-33(3,21-9-7-6-8-10-21)17-36-16-20-14-24(37)28-23(30(20)41-4)13-19-12-22-15-25(38)26(32(35)40)18(2)34(22)31(42-34)27(19)29(28)39/h6-10,14,19,22,36-38H,2,5,11-13,15-17H2,1,3-4H3,(H2,35,40)/t19?,22-,33?,34-/m0/s1. The quantitative estimate of drug-likeness (QED) is 0.315. The van der Waals surface area contributed by atoms with Gasteiger partial charge in [-0.3, -0.25) is 9.59 Å². The van der Waals surface area contributed by atoms with Crippen LogP contribution >= 0.6 is 0 Å². The molecule has 0 bridgehead atoms. The predicted octanol–water partition coefficient (Wildman–Crippen LogP) is 4.90. The van der Waals surface area contributed by atoms with Gasteiger partial charge in [0.1, 0.15) is 17.3 Å². The van der Waals surface area contributed by atoms with Gasteiger partial charge in [0.15, 0.2) is 17.1 Å². The number of nitrogens with one attached hydrogen (secondary N) is 1. The van der Waals surface area contributed by atoms with Crippen LogP contribution < -0.4 is 15.8 Å². The minimum Gasteiger partial charge on any atom is -0.511 e. The van der Waals surface area contributed by atoms with Crippen molar-refractivity contribution < 1.29 is 29.3 Å². The van der Waals surface area contributed by atoms with Crippen LogP contribution in [0, 0.1) is 11.8 Å². The van der Waals surface area contributed by atoms with E-state index in [9.17, 15) is 19.8 Å². The number of primary amides is 1. The highest BCUT2D eigenvalue weighted by molar-refractivity contribution is 6.14. The molecule has 2 aromatic rings. The van der Waals surface area contributed by atoms with E-state index in [0.717, 1.165) is 24.9 Å². The molecule has 5 N–H and O–H groups in total. The zero-order valence-corrected chi connectivity index (χ0v) is 24.4.